The standard InChI is InChI=1S/C35H34F3N3O2S/c1-34(26-7-3-2-4-8-26)17-21-41(22-18-34)33(43)30-23-44-31(39-30)25-15-19-40(20-16-25)32(42)29-10-6-5-9-28(29)24-11-13-27(14-12-24)35(36,37)38/h2-14,23,25H,15-22H2,1H3. The predicted octanol–water partition coefficient (Wildman–Crippen LogP) is 8.04. The molecule has 3 aromatic carbocycles. The lowest BCUT2D eigenvalue weighted by Gasteiger charge is -2.39. The van der Waals surface area contributed by atoms with Gasteiger partial charge in [0.25, 0.3) is 11.8 Å². The van der Waals surface area contributed by atoms with Crippen LogP contribution in [0.4, 0.5) is 13.2 Å². The molecule has 9 heteroatoms. The highest BCUT2D eigenvalue weighted by Gasteiger charge is 2.35. The number of halogens is 3. The number of thiazole rings is 1. The lowest BCUT2D eigenvalue weighted by atomic mass is 9.74. The van der Waals surface area contributed by atoms with Gasteiger partial charge in [-0.15, -0.1) is 11.3 Å². The van der Waals surface area contributed by atoms with Gasteiger partial charge in [-0.2, -0.15) is 13.2 Å². The highest BCUT2D eigenvalue weighted by Crippen LogP contribution is 2.37. The molecule has 0 bridgehead atoms. The number of piperidine rings is 2. The number of rotatable bonds is 5. The van der Waals surface area contributed by atoms with Crippen molar-refractivity contribution in [2.45, 2.75) is 50.1 Å². The third-order valence-electron chi connectivity index (χ3n) is 9.18. The summed E-state index contributed by atoms with van der Waals surface area (Å²) in [5, 5.41) is 2.79. The van der Waals surface area contributed by atoms with Gasteiger partial charge < -0.3 is 9.80 Å². The zero-order chi connectivity index (χ0) is 30.9. The van der Waals surface area contributed by atoms with Crippen molar-refractivity contribution in [3.63, 3.8) is 0 Å². The Bertz CT molecular complexity index is 1620. The van der Waals surface area contributed by atoms with Crippen LogP contribution in [0.3, 0.4) is 0 Å². The van der Waals surface area contributed by atoms with Crippen LogP contribution in [0.1, 0.15) is 75.5 Å². The predicted molar refractivity (Wildman–Crippen MR) is 166 cm³/mol. The maximum Gasteiger partial charge on any atom is 0.416 e. The van der Waals surface area contributed by atoms with Crippen LogP contribution in [0, 0.1) is 0 Å². The summed E-state index contributed by atoms with van der Waals surface area (Å²) in [4.78, 5) is 35.3. The van der Waals surface area contributed by atoms with Crippen LogP contribution in [0.2, 0.25) is 0 Å². The average molecular weight is 618 g/mol. The smallest absolute Gasteiger partial charge is 0.339 e. The zero-order valence-electron chi connectivity index (χ0n) is 24.5. The number of nitrogens with zero attached hydrogens (tertiary/aromatic N) is 3. The molecule has 0 aliphatic carbocycles. The Morgan fingerprint density at radius 2 is 1.43 bits per heavy atom. The van der Waals surface area contributed by atoms with E-state index in [2.05, 4.69) is 31.2 Å². The summed E-state index contributed by atoms with van der Waals surface area (Å²) in [6.45, 7) is 4.75. The van der Waals surface area contributed by atoms with Crippen molar-refractivity contribution >= 4 is 23.2 Å². The molecule has 2 amide bonds. The molecule has 1 aromatic heterocycles. The van der Waals surface area contributed by atoms with Gasteiger partial charge in [-0.25, -0.2) is 4.98 Å². The number of aromatic nitrogens is 1. The van der Waals surface area contributed by atoms with Crippen LogP contribution in [0.15, 0.2) is 84.2 Å². The molecule has 0 N–H and O–H groups in total. The third kappa shape index (κ3) is 6.15. The maximum absolute atomic E-state index is 13.6. The van der Waals surface area contributed by atoms with Crippen LogP contribution >= 0.6 is 11.3 Å². The first kappa shape index (κ1) is 30.1. The van der Waals surface area contributed by atoms with Crippen LogP contribution in [0.25, 0.3) is 11.1 Å². The van der Waals surface area contributed by atoms with E-state index in [0.717, 1.165) is 42.8 Å². The van der Waals surface area contributed by atoms with Crippen LogP contribution < -0.4 is 0 Å². The third-order valence-corrected chi connectivity index (χ3v) is 10.2. The van der Waals surface area contributed by atoms with Crippen molar-refractivity contribution < 1.29 is 22.8 Å². The molecule has 0 saturated carbocycles. The normalized spacial score (nSPS) is 17.5. The van der Waals surface area contributed by atoms with Crippen molar-refractivity contribution in [2.75, 3.05) is 26.2 Å². The number of amides is 2. The first-order valence-corrected chi connectivity index (χ1v) is 15.9. The molecule has 2 saturated heterocycles. The molecule has 5 nitrogen and oxygen atoms in total. The summed E-state index contributed by atoms with van der Waals surface area (Å²) < 4.78 is 39.1. The van der Waals surface area contributed by atoms with E-state index < -0.39 is 11.7 Å². The highest BCUT2D eigenvalue weighted by atomic mass is 32.1. The molecule has 0 unspecified atom stereocenters. The van der Waals surface area contributed by atoms with E-state index >= 15 is 0 Å². The van der Waals surface area contributed by atoms with Gasteiger partial charge in [0.1, 0.15) is 5.69 Å². The Morgan fingerprint density at radius 3 is 2.09 bits per heavy atom. The van der Waals surface area contributed by atoms with Gasteiger partial charge in [0.05, 0.1) is 10.6 Å². The van der Waals surface area contributed by atoms with Crippen molar-refractivity contribution in [2.24, 2.45) is 0 Å². The monoisotopic (exact) mass is 617 g/mol. The van der Waals surface area contributed by atoms with Crippen molar-refractivity contribution in [3.05, 3.63) is 112 Å². The SMILES string of the molecule is CC1(c2ccccc2)CCN(C(=O)c2csc(C3CCN(C(=O)c4ccccc4-c4ccc(C(F)(F)F)cc4)CC3)n2)CC1. The minimum atomic E-state index is -4.41. The fourth-order valence-electron chi connectivity index (χ4n) is 6.33. The Kier molecular flexibility index (Phi) is 8.33. The van der Waals surface area contributed by atoms with Gasteiger partial charge in [0.2, 0.25) is 0 Å². The maximum atomic E-state index is 13.6. The molecule has 0 atom stereocenters. The first-order chi connectivity index (χ1) is 21.1. The van der Waals surface area contributed by atoms with Crippen LogP contribution in [0.5, 0.6) is 0 Å². The van der Waals surface area contributed by atoms with E-state index in [4.69, 9.17) is 4.98 Å². The minimum Gasteiger partial charge on any atom is -0.339 e. The molecular formula is C35H34F3N3O2S. The van der Waals surface area contributed by atoms with Gasteiger partial charge >= 0.3 is 6.18 Å². The average Bonchev–Trinajstić information content (AvgIpc) is 3.55. The first-order valence-electron chi connectivity index (χ1n) is 15.0. The molecule has 228 valence electrons. The topological polar surface area (TPSA) is 53.5 Å². The molecule has 2 aliphatic heterocycles. The number of hydrogen-bond donors (Lipinski definition) is 0. The van der Waals surface area contributed by atoms with E-state index in [1.54, 1.807) is 29.2 Å². The second-order valence-electron chi connectivity index (χ2n) is 12.0. The number of hydrogen-bond acceptors (Lipinski definition) is 4. The second kappa shape index (κ2) is 12.2. The summed E-state index contributed by atoms with van der Waals surface area (Å²) in [7, 11) is 0. The molecular weight excluding hydrogens is 583 g/mol. The van der Waals surface area contributed by atoms with Crippen molar-refractivity contribution in [3.8, 4) is 11.1 Å². The molecule has 0 radical (unpaired) electrons. The summed E-state index contributed by atoms with van der Waals surface area (Å²) in [6.07, 6.45) is -1.13. The van der Waals surface area contributed by atoms with Gasteiger partial charge in [0, 0.05) is 43.0 Å². The van der Waals surface area contributed by atoms with Crippen LogP contribution in [-0.4, -0.2) is 52.8 Å². The number of benzene rings is 3. The van der Waals surface area contributed by atoms with Gasteiger partial charge in [-0.1, -0.05) is 67.6 Å². The summed E-state index contributed by atoms with van der Waals surface area (Å²) in [6, 6.07) is 22.4. The fourth-order valence-corrected chi connectivity index (χ4v) is 7.29. The molecule has 2 aliphatic rings. The fraction of sp³-hybridized carbons (Fsp3) is 0.343. The molecule has 44 heavy (non-hydrogen) atoms. The quantitative estimate of drug-likeness (QED) is 0.228. The molecule has 0 spiro atoms. The molecule has 3 heterocycles. The number of carbonyl (C=O) groups is 2. The van der Waals surface area contributed by atoms with Gasteiger partial charge in [-0.3, -0.25) is 9.59 Å². The Morgan fingerprint density at radius 1 is 0.818 bits per heavy atom. The van der Waals surface area contributed by atoms with Crippen molar-refractivity contribution in [1.82, 2.24) is 14.8 Å². The van der Waals surface area contributed by atoms with E-state index in [1.165, 1.54) is 29.0 Å². The lowest BCUT2D eigenvalue weighted by molar-refractivity contribution is -0.137. The Balaban J connectivity index is 1.06. The number of likely N-dealkylation sites (tertiary alicyclic amines) is 2. The summed E-state index contributed by atoms with van der Waals surface area (Å²) in [5.41, 5.74) is 2.80. The van der Waals surface area contributed by atoms with Crippen molar-refractivity contribution in [1.29, 1.82) is 0 Å². The van der Waals surface area contributed by atoms with Crippen LogP contribution in [-0.2, 0) is 11.6 Å². The summed E-state index contributed by atoms with van der Waals surface area (Å²) in [5.74, 6) is 0.00939. The molecule has 4 aromatic rings. The van der Waals surface area contributed by atoms with E-state index in [0.29, 0.717) is 48.6 Å². The second-order valence-corrected chi connectivity index (χ2v) is 12.9. The zero-order valence-corrected chi connectivity index (χ0v) is 25.3. The molecule has 2 fully saturated rings. The van der Waals surface area contributed by atoms with E-state index in [1.807, 2.05) is 16.3 Å². The largest absolute Gasteiger partial charge is 0.416 e. The summed E-state index contributed by atoms with van der Waals surface area (Å²) >= 11 is 1.51. The Labute approximate surface area is 259 Å². The van der Waals surface area contributed by atoms with E-state index in [-0.39, 0.29) is 23.1 Å². The van der Waals surface area contributed by atoms with E-state index in [9.17, 15) is 22.8 Å². The Hall–Kier alpha value is -3.98. The lowest BCUT2D eigenvalue weighted by Crippen LogP contribution is -2.44. The number of carbonyl (C=O) groups excluding carboxylic acids is 2. The minimum absolute atomic E-state index is 0.0184. The van der Waals surface area contributed by atoms with Gasteiger partial charge in [-0.05, 0) is 66.0 Å². The van der Waals surface area contributed by atoms with Gasteiger partial charge in [0.15, 0.2) is 0 Å². The molecule has 6 rings (SSSR count). The highest BCUT2D eigenvalue weighted by molar-refractivity contribution is 7.09. The number of alkyl halides is 3.